The molecule has 1 aromatic heterocycles. The van der Waals surface area contributed by atoms with Gasteiger partial charge in [-0.25, -0.2) is 0 Å². The maximum absolute atomic E-state index is 12.7. The molecule has 0 bridgehead atoms. The molecule has 4 heteroatoms. The lowest BCUT2D eigenvalue weighted by molar-refractivity contribution is 0.0657. The van der Waals surface area contributed by atoms with Crippen molar-refractivity contribution in [3.05, 3.63) is 21.4 Å². The second kappa shape index (κ2) is 6.49. The van der Waals surface area contributed by atoms with Crippen molar-refractivity contribution in [2.24, 2.45) is 5.92 Å². The summed E-state index contributed by atoms with van der Waals surface area (Å²) in [5.41, 5.74) is 1.41. The highest BCUT2D eigenvalue weighted by Gasteiger charge is 2.28. The van der Waals surface area contributed by atoms with Crippen LogP contribution in [0.3, 0.4) is 0 Å². The molecule has 3 nitrogen and oxygen atoms in total. The van der Waals surface area contributed by atoms with E-state index in [1.165, 1.54) is 23.3 Å². The van der Waals surface area contributed by atoms with Crippen LogP contribution < -0.4 is 0 Å². The molecular formula is C17H25NO2S. The third-order valence-electron chi connectivity index (χ3n) is 5.15. The summed E-state index contributed by atoms with van der Waals surface area (Å²) in [4.78, 5) is 17.0. The molecule has 0 saturated heterocycles. The lowest BCUT2D eigenvalue weighted by Gasteiger charge is -2.33. The minimum Gasteiger partial charge on any atom is -0.396 e. The standard InChI is InChI=1S/C17H25NO2S/c1-18(14-8-6-12(11-19)7-9-14)17(20)16-10-13-4-2-3-5-15(13)21-16/h10,12,14,19H,2-9,11H2,1H3. The molecule has 0 unspecified atom stereocenters. The first-order valence-corrected chi connectivity index (χ1v) is 9.00. The van der Waals surface area contributed by atoms with Crippen molar-refractivity contribution in [1.29, 1.82) is 0 Å². The molecule has 21 heavy (non-hydrogen) atoms. The first kappa shape index (κ1) is 15.0. The summed E-state index contributed by atoms with van der Waals surface area (Å²) in [5.74, 6) is 0.639. The normalized spacial score (nSPS) is 25.4. The molecule has 1 amide bonds. The van der Waals surface area contributed by atoms with Crippen molar-refractivity contribution in [3.63, 3.8) is 0 Å². The third-order valence-corrected chi connectivity index (χ3v) is 6.38. The Kier molecular flexibility index (Phi) is 4.65. The molecule has 0 spiro atoms. The van der Waals surface area contributed by atoms with Crippen LogP contribution in [0.15, 0.2) is 6.07 Å². The molecule has 0 aliphatic heterocycles. The van der Waals surface area contributed by atoms with Gasteiger partial charge in [0.1, 0.15) is 0 Å². The molecule has 1 heterocycles. The molecule has 2 aliphatic carbocycles. The monoisotopic (exact) mass is 307 g/mol. The van der Waals surface area contributed by atoms with Crippen LogP contribution in [0.4, 0.5) is 0 Å². The molecular weight excluding hydrogens is 282 g/mol. The number of aryl methyl sites for hydroxylation is 2. The van der Waals surface area contributed by atoms with Gasteiger partial charge < -0.3 is 10.0 Å². The predicted octanol–water partition coefficient (Wildman–Crippen LogP) is 3.25. The zero-order chi connectivity index (χ0) is 14.8. The van der Waals surface area contributed by atoms with Gasteiger partial charge in [0.05, 0.1) is 4.88 Å². The second-order valence-electron chi connectivity index (χ2n) is 6.54. The van der Waals surface area contributed by atoms with Crippen molar-refractivity contribution in [2.45, 2.75) is 57.4 Å². The minimum absolute atomic E-state index is 0.196. The average molecular weight is 307 g/mol. The van der Waals surface area contributed by atoms with Crippen molar-refractivity contribution in [3.8, 4) is 0 Å². The van der Waals surface area contributed by atoms with Gasteiger partial charge in [-0.05, 0) is 68.9 Å². The van der Waals surface area contributed by atoms with Crippen LogP contribution in [0.25, 0.3) is 0 Å². The molecule has 0 atom stereocenters. The van der Waals surface area contributed by atoms with Crippen molar-refractivity contribution >= 4 is 17.2 Å². The van der Waals surface area contributed by atoms with Gasteiger partial charge in [0.15, 0.2) is 0 Å². The summed E-state index contributed by atoms with van der Waals surface area (Å²) in [5, 5.41) is 9.22. The third kappa shape index (κ3) is 3.16. The van der Waals surface area contributed by atoms with Gasteiger partial charge in [-0.2, -0.15) is 0 Å². The second-order valence-corrected chi connectivity index (χ2v) is 7.68. The Morgan fingerprint density at radius 2 is 2.00 bits per heavy atom. The van der Waals surface area contributed by atoms with Gasteiger partial charge in [0.2, 0.25) is 0 Å². The van der Waals surface area contributed by atoms with Crippen molar-refractivity contribution in [2.75, 3.05) is 13.7 Å². The van der Waals surface area contributed by atoms with Gasteiger partial charge in [-0.1, -0.05) is 0 Å². The summed E-state index contributed by atoms with van der Waals surface area (Å²) in [6.45, 7) is 0.294. The predicted molar refractivity (Wildman–Crippen MR) is 85.9 cm³/mol. The number of amides is 1. The van der Waals surface area contributed by atoms with Gasteiger partial charge in [0.25, 0.3) is 5.91 Å². The number of carbonyl (C=O) groups excluding carboxylic acids is 1. The molecule has 116 valence electrons. The van der Waals surface area contributed by atoms with Gasteiger partial charge in [-0.3, -0.25) is 4.79 Å². The van der Waals surface area contributed by atoms with Gasteiger partial charge in [-0.15, -0.1) is 11.3 Å². The fourth-order valence-corrected chi connectivity index (χ4v) is 4.89. The van der Waals surface area contributed by atoms with Crippen LogP contribution in [-0.4, -0.2) is 35.6 Å². The van der Waals surface area contributed by atoms with Crippen LogP contribution in [0.2, 0.25) is 0 Å². The van der Waals surface area contributed by atoms with Crippen LogP contribution >= 0.6 is 11.3 Å². The number of rotatable bonds is 3. The number of nitrogens with zero attached hydrogens (tertiary/aromatic N) is 1. The van der Waals surface area contributed by atoms with E-state index in [0.717, 1.165) is 43.4 Å². The Morgan fingerprint density at radius 1 is 1.29 bits per heavy atom. The van der Waals surface area contributed by atoms with E-state index in [0.29, 0.717) is 18.6 Å². The Labute approximate surface area is 131 Å². The Hall–Kier alpha value is -0.870. The number of fused-ring (bicyclic) bond motifs is 1. The zero-order valence-electron chi connectivity index (χ0n) is 12.8. The van der Waals surface area contributed by atoms with E-state index < -0.39 is 0 Å². The molecule has 1 N–H and O–H groups in total. The molecule has 1 saturated carbocycles. The Balaban J connectivity index is 1.66. The molecule has 3 rings (SSSR count). The van der Waals surface area contributed by atoms with Crippen LogP contribution in [0.5, 0.6) is 0 Å². The summed E-state index contributed by atoms with van der Waals surface area (Å²) in [6.07, 6.45) is 8.96. The van der Waals surface area contributed by atoms with E-state index in [-0.39, 0.29) is 5.91 Å². The fraction of sp³-hybridized carbons (Fsp3) is 0.706. The first-order valence-electron chi connectivity index (χ1n) is 8.18. The number of hydrogen-bond donors (Lipinski definition) is 1. The first-order chi connectivity index (χ1) is 10.2. The molecule has 1 aromatic rings. The SMILES string of the molecule is CN(C(=O)c1cc2c(s1)CCCC2)C1CCC(CO)CC1. The summed E-state index contributed by atoms with van der Waals surface area (Å²) < 4.78 is 0. The largest absolute Gasteiger partial charge is 0.396 e. The highest BCUT2D eigenvalue weighted by atomic mass is 32.1. The molecule has 2 aliphatic rings. The topological polar surface area (TPSA) is 40.5 Å². The number of aliphatic hydroxyl groups is 1. The Bertz CT molecular complexity index is 479. The lowest BCUT2D eigenvalue weighted by atomic mass is 9.86. The molecule has 1 fully saturated rings. The summed E-state index contributed by atoms with van der Waals surface area (Å²) in [6, 6.07) is 2.48. The Morgan fingerprint density at radius 3 is 2.67 bits per heavy atom. The van der Waals surface area contributed by atoms with Crippen molar-refractivity contribution in [1.82, 2.24) is 4.90 Å². The van der Waals surface area contributed by atoms with Crippen molar-refractivity contribution < 1.29 is 9.90 Å². The van der Waals surface area contributed by atoms with E-state index >= 15 is 0 Å². The number of carbonyl (C=O) groups is 1. The summed E-state index contributed by atoms with van der Waals surface area (Å²) in [7, 11) is 1.95. The smallest absolute Gasteiger partial charge is 0.263 e. The number of hydrogen-bond acceptors (Lipinski definition) is 3. The van der Waals surface area contributed by atoms with E-state index in [4.69, 9.17) is 0 Å². The van der Waals surface area contributed by atoms with Gasteiger partial charge in [0, 0.05) is 24.6 Å². The average Bonchev–Trinajstić information content (AvgIpc) is 2.97. The van der Waals surface area contributed by atoms with E-state index in [9.17, 15) is 9.90 Å². The lowest BCUT2D eigenvalue weighted by Crippen LogP contribution is -2.39. The summed E-state index contributed by atoms with van der Waals surface area (Å²) >= 11 is 1.71. The van der Waals surface area contributed by atoms with E-state index in [2.05, 4.69) is 6.07 Å². The zero-order valence-corrected chi connectivity index (χ0v) is 13.6. The van der Waals surface area contributed by atoms with Crippen LogP contribution in [0, 0.1) is 5.92 Å². The highest BCUT2D eigenvalue weighted by Crippen LogP contribution is 2.32. The molecule has 0 radical (unpaired) electrons. The number of aliphatic hydroxyl groups excluding tert-OH is 1. The molecule has 0 aromatic carbocycles. The van der Waals surface area contributed by atoms with E-state index in [1.54, 1.807) is 11.3 Å². The van der Waals surface area contributed by atoms with Crippen LogP contribution in [0.1, 0.15) is 58.6 Å². The maximum atomic E-state index is 12.7. The quantitative estimate of drug-likeness (QED) is 0.931. The van der Waals surface area contributed by atoms with Gasteiger partial charge >= 0.3 is 0 Å². The van der Waals surface area contributed by atoms with Crippen LogP contribution in [-0.2, 0) is 12.8 Å². The maximum Gasteiger partial charge on any atom is 0.263 e. The minimum atomic E-state index is 0.196. The highest BCUT2D eigenvalue weighted by molar-refractivity contribution is 7.14. The fourth-order valence-electron chi connectivity index (χ4n) is 3.65. The number of thiophene rings is 1. The van der Waals surface area contributed by atoms with E-state index in [1.807, 2.05) is 11.9 Å².